The quantitative estimate of drug-likeness (QED) is 0.253. The molecule has 1 fully saturated rings. The molecule has 1 aliphatic rings. The van der Waals surface area contributed by atoms with E-state index in [1.807, 2.05) is 49.4 Å². The van der Waals surface area contributed by atoms with E-state index < -0.39 is 5.60 Å². The number of aliphatic hydroxyl groups is 1. The fourth-order valence-electron chi connectivity index (χ4n) is 5.08. The van der Waals surface area contributed by atoms with Gasteiger partial charge in [-0.3, -0.25) is 14.4 Å². The number of nitrogens with zero attached hydrogens (tertiary/aromatic N) is 2. The molecule has 3 aromatic rings. The molecular formula is C34H41N5O4S. The minimum Gasteiger partial charge on any atom is -0.404 e. The molecule has 1 unspecified atom stereocenters. The smallest absolute Gasteiger partial charge is 0.274 e. The zero-order valence-electron chi connectivity index (χ0n) is 26.2. The predicted octanol–water partition coefficient (Wildman–Crippen LogP) is 5.31. The van der Waals surface area contributed by atoms with Crippen LogP contribution in [0.15, 0.2) is 82.2 Å². The van der Waals surface area contributed by atoms with Crippen LogP contribution in [0.3, 0.4) is 0 Å². The summed E-state index contributed by atoms with van der Waals surface area (Å²) in [5.41, 5.74) is 9.61. The van der Waals surface area contributed by atoms with Gasteiger partial charge in [-0.25, -0.2) is 0 Å². The molecule has 1 aliphatic heterocycles. The summed E-state index contributed by atoms with van der Waals surface area (Å²) in [7, 11) is 1.66. The third-order valence-corrected chi connectivity index (χ3v) is 8.58. The third kappa shape index (κ3) is 7.43. The molecule has 0 aliphatic carbocycles. The Labute approximate surface area is 262 Å². The highest BCUT2D eigenvalue weighted by molar-refractivity contribution is 8.07. The van der Waals surface area contributed by atoms with Gasteiger partial charge in [-0.1, -0.05) is 63.4 Å². The van der Waals surface area contributed by atoms with E-state index in [9.17, 15) is 19.5 Å². The van der Waals surface area contributed by atoms with E-state index in [1.165, 1.54) is 10.8 Å². The van der Waals surface area contributed by atoms with Gasteiger partial charge >= 0.3 is 0 Å². The second kappa shape index (κ2) is 12.8. The minimum absolute atomic E-state index is 0.00792. The van der Waals surface area contributed by atoms with E-state index in [0.29, 0.717) is 29.2 Å². The van der Waals surface area contributed by atoms with Crippen LogP contribution in [0, 0.1) is 6.92 Å². The summed E-state index contributed by atoms with van der Waals surface area (Å²) in [4.78, 5) is 40.9. The second-order valence-electron chi connectivity index (χ2n) is 12.5. The molecular weight excluding hydrogens is 574 g/mol. The molecule has 1 saturated heterocycles. The minimum atomic E-state index is -0.933. The lowest BCUT2D eigenvalue weighted by molar-refractivity contribution is -0.126. The summed E-state index contributed by atoms with van der Waals surface area (Å²) in [6.45, 7) is 14.6. The molecule has 232 valence electrons. The van der Waals surface area contributed by atoms with Crippen LogP contribution in [0.25, 0.3) is 11.1 Å². The Kier molecular flexibility index (Phi) is 9.46. The van der Waals surface area contributed by atoms with Gasteiger partial charge in [0.05, 0.1) is 15.5 Å². The lowest BCUT2D eigenvalue weighted by Crippen LogP contribution is -2.34. The first-order chi connectivity index (χ1) is 20.6. The highest BCUT2D eigenvalue weighted by Gasteiger charge is 2.35. The highest BCUT2D eigenvalue weighted by Crippen LogP contribution is 2.32. The predicted molar refractivity (Wildman–Crippen MR) is 179 cm³/mol. The first kappa shape index (κ1) is 32.6. The van der Waals surface area contributed by atoms with Crippen LogP contribution in [0.1, 0.15) is 55.6 Å². The van der Waals surface area contributed by atoms with Crippen LogP contribution in [0.2, 0.25) is 0 Å². The van der Waals surface area contributed by atoms with Crippen molar-refractivity contribution in [2.75, 3.05) is 23.7 Å². The number of hydrogen-bond donors (Lipinski definition) is 4. The van der Waals surface area contributed by atoms with Crippen molar-refractivity contribution in [1.29, 1.82) is 0 Å². The second-order valence-corrected chi connectivity index (χ2v) is 13.6. The largest absolute Gasteiger partial charge is 0.404 e. The molecule has 9 nitrogen and oxygen atoms in total. The Balaban J connectivity index is 1.52. The van der Waals surface area contributed by atoms with Crippen molar-refractivity contribution in [3.8, 4) is 11.1 Å². The van der Waals surface area contributed by atoms with Crippen molar-refractivity contribution in [3.63, 3.8) is 0 Å². The number of carbonyl (C=O) groups excluding carboxylic acids is 2. The molecule has 2 aromatic carbocycles. The molecule has 4 rings (SSSR count). The fourth-order valence-corrected chi connectivity index (χ4v) is 5.79. The molecule has 10 heteroatoms. The van der Waals surface area contributed by atoms with Crippen molar-refractivity contribution < 1.29 is 14.7 Å². The SMILES string of the molecule is C=C(Nc1cc(-c2cccc(NC(=O)c3ccc(C(C)(C)C)cc3)c2C)cn(C)c1=O)S/C(=C\N)C(=O)N1CCC(C)(O)C1. The van der Waals surface area contributed by atoms with Crippen molar-refractivity contribution in [3.05, 3.63) is 104 Å². The van der Waals surface area contributed by atoms with E-state index in [4.69, 9.17) is 5.73 Å². The van der Waals surface area contributed by atoms with Gasteiger partial charge in [-0.2, -0.15) is 0 Å². The molecule has 0 spiro atoms. The van der Waals surface area contributed by atoms with Gasteiger partial charge in [0.25, 0.3) is 17.4 Å². The molecule has 0 saturated carbocycles. The van der Waals surface area contributed by atoms with Crippen LogP contribution in [-0.2, 0) is 17.3 Å². The van der Waals surface area contributed by atoms with Crippen molar-refractivity contribution >= 4 is 35.0 Å². The number of carbonyl (C=O) groups is 2. The molecule has 2 amide bonds. The van der Waals surface area contributed by atoms with E-state index in [2.05, 4.69) is 38.0 Å². The summed E-state index contributed by atoms with van der Waals surface area (Å²) in [5.74, 6) is -0.516. The summed E-state index contributed by atoms with van der Waals surface area (Å²) < 4.78 is 1.47. The number of rotatable bonds is 8. The first-order valence-corrected chi connectivity index (χ1v) is 15.2. The number of thioether (sulfide) groups is 1. The van der Waals surface area contributed by atoms with Gasteiger partial charge in [0.2, 0.25) is 0 Å². The number of nitrogens with one attached hydrogen (secondary N) is 2. The molecule has 1 aromatic heterocycles. The molecule has 2 heterocycles. The fraction of sp³-hybridized carbons (Fsp3) is 0.324. The number of aryl methyl sites for hydroxylation is 1. The van der Waals surface area contributed by atoms with Gasteiger partial charge in [0.15, 0.2) is 0 Å². The van der Waals surface area contributed by atoms with Crippen molar-refractivity contribution in [1.82, 2.24) is 9.47 Å². The van der Waals surface area contributed by atoms with E-state index in [1.54, 1.807) is 31.1 Å². The maximum atomic E-state index is 13.1. The Bertz CT molecular complexity index is 1680. The normalized spacial score (nSPS) is 17.0. The monoisotopic (exact) mass is 615 g/mol. The Hall–Kier alpha value is -4.28. The Morgan fingerprint density at radius 1 is 1.11 bits per heavy atom. The van der Waals surface area contributed by atoms with E-state index >= 15 is 0 Å². The summed E-state index contributed by atoms with van der Waals surface area (Å²) >= 11 is 1.03. The number of aromatic nitrogens is 1. The molecule has 0 bridgehead atoms. The Morgan fingerprint density at radius 2 is 1.80 bits per heavy atom. The lowest BCUT2D eigenvalue weighted by atomic mass is 9.86. The van der Waals surface area contributed by atoms with Gasteiger partial charge < -0.3 is 30.9 Å². The van der Waals surface area contributed by atoms with E-state index in [0.717, 1.165) is 34.0 Å². The molecule has 5 N–H and O–H groups in total. The summed E-state index contributed by atoms with van der Waals surface area (Å²) in [6, 6.07) is 15.0. The average molecular weight is 616 g/mol. The van der Waals surface area contributed by atoms with Gasteiger partial charge in [0.1, 0.15) is 5.69 Å². The topological polar surface area (TPSA) is 130 Å². The Morgan fingerprint density at radius 3 is 2.39 bits per heavy atom. The molecule has 1 atom stereocenters. The van der Waals surface area contributed by atoms with Crippen LogP contribution >= 0.6 is 11.8 Å². The maximum absolute atomic E-state index is 13.1. The number of benzene rings is 2. The van der Waals surface area contributed by atoms with Crippen molar-refractivity contribution in [2.45, 2.75) is 52.1 Å². The van der Waals surface area contributed by atoms with Gasteiger partial charge in [-0.05, 0) is 66.6 Å². The zero-order valence-corrected chi connectivity index (χ0v) is 27.0. The summed E-state index contributed by atoms with van der Waals surface area (Å²) in [6.07, 6.45) is 3.43. The summed E-state index contributed by atoms with van der Waals surface area (Å²) in [5, 5.41) is 16.6. The number of amides is 2. The van der Waals surface area contributed by atoms with Crippen LogP contribution in [-0.4, -0.2) is 45.1 Å². The van der Waals surface area contributed by atoms with Crippen LogP contribution in [0.4, 0.5) is 11.4 Å². The molecule has 44 heavy (non-hydrogen) atoms. The highest BCUT2D eigenvalue weighted by atomic mass is 32.2. The number of likely N-dealkylation sites (tertiary alicyclic amines) is 1. The van der Waals surface area contributed by atoms with Gasteiger partial charge in [0, 0.05) is 49.3 Å². The standard InChI is InChI=1S/C34H41N5O4S/c1-21-26(9-8-10-27(21)37-30(40)23-11-13-25(14-12-23)33(3,4)5)24-17-28(31(41)38(7)19-24)36-22(2)44-29(18-35)32(42)39-16-15-34(6,43)20-39/h8-14,17-19,36,43H,2,15-16,20,35H2,1,3-7H3,(H,37,40)/b29-18-. The third-order valence-electron chi connectivity index (χ3n) is 7.70. The average Bonchev–Trinajstić information content (AvgIpc) is 3.33. The lowest BCUT2D eigenvalue weighted by Gasteiger charge is -2.20. The van der Waals surface area contributed by atoms with Crippen LogP contribution in [0.5, 0.6) is 0 Å². The number of β-amino-alcohol motifs (C(OH)–C–C–N with tert-alkyl or cyclic N) is 1. The van der Waals surface area contributed by atoms with Gasteiger partial charge in [-0.15, -0.1) is 0 Å². The van der Waals surface area contributed by atoms with Crippen LogP contribution < -0.4 is 21.9 Å². The molecule has 0 radical (unpaired) electrons. The first-order valence-electron chi connectivity index (χ1n) is 14.4. The zero-order chi connectivity index (χ0) is 32.4. The van der Waals surface area contributed by atoms with E-state index in [-0.39, 0.29) is 39.9 Å². The number of nitrogens with two attached hydrogens (primary N) is 1. The van der Waals surface area contributed by atoms with Crippen molar-refractivity contribution in [2.24, 2.45) is 12.8 Å². The number of hydrogen-bond acceptors (Lipinski definition) is 7. The number of anilines is 2. The number of pyridine rings is 1. The maximum Gasteiger partial charge on any atom is 0.274 e.